The first-order valence-electron chi connectivity index (χ1n) is 3.88. The minimum absolute atomic E-state index is 0.397. The molecular formula is C10H10OS. The Morgan fingerprint density at radius 2 is 2.00 bits per heavy atom. The number of fused-ring (bicyclic) bond motifs is 1. The van der Waals surface area contributed by atoms with Gasteiger partial charge in [0.25, 0.3) is 0 Å². The summed E-state index contributed by atoms with van der Waals surface area (Å²) in [6, 6.07) is 5.67. The Morgan fingerprint density at radius 1 is 1.25 bits per heavy atom. The van der Waals surface area contributed by atoms with Gasteiger partial charge in [-0.2, -0.15) is 0 Å². The fourth-order valence-corrected chi connectivity index (χ4v) is 2.42. The molecule has 0 unspecified atom stereocenters. The summed E-state index contributed by atoms with van der Waals surface area (Å²) in [4.78, 5) is 1.28. The molecule has 1 N–H and O–H groups in total. The Kier molecular flexibility index (Phi) is 1.58. The van der Waals surface area contributed by atoms with Crippen LogP contribution in [0.1, 0.15) is 10.4 Å². The molecule has 62 valence electrons. The molecule has 0 aliphatic carbocycles. The van der Waals surface area contributed by atoms with E-state index in [9.17, 15) is 5.11 Å². The van der Waals surface area contributed by atoms with Crippen LogP contribution in [0, 0.1) is 13.8 Å². The molecule has 2 heteroatoms. The number of thiophene rings is 1. The third-order valence-corrected chi connectivity index (χ3v) is 3.43. The number of benzene rings is 1. The first-order chi connectivity index (χ1) is 5.70. The Bertz CT molecular complexity index is 429. The molecule has 1 heterocycles. The van der Waals surface area contributed by atoms with Crippen LogP contribution in [-0.4, -0.2) is 5.11 Å². The standard InChI is InChI=1S/C10H10OS/c1-6-7(2)12-10-8(6)4-3-5-9(10)11/h3-5,11H,1-2H3. The lowest BCUT2D eigenvalue weighted by molar-refractivity contribution is 0.482. The molecule has 1 aromatic heterocycles. The van der Waals surface area contributed by atoms with Gasteiger partial charge in [-0.25, -0.2) is 0 Å². The maximum absolute atomic E-state index is 9.52. The van der Waals surface area contributed by atoms with Gasteiger partial charge in [0.15, 0.2) is 0 Å². The number of phenolic OH excluding ortho intramolecular Hbond substituents is 1. The van der Waals surface area contributed by atoms with Crippen molar-refractivity contribution in [1.29, 1.82) is 0 Å². The topological polar surface area (TPSA) is 20.2 Å². The number of phenols is 1. The van der Waals surface area contributed by atoms with Gasteiger partial charge in [-0.15, -0.1) is 11.3 Å². The maximum atomic E-state index is 9.52. The van der Waals surface area contributed by atoms with E-state index in [4.69, 9.17) is 0 Å². The number of hydrogen-bond donors (Lipinski definition) is 1. The molecule has 0 amide bonds. The highest BCUT2D eigenvalue weighted by Crippen LogP contribution is 2.35. The summed E-state index contributed by atoms with van der Waals surface area (Å²) in [6.45, 7) is 4.17. The van der Waals surface area contributed by atoms with Crippen LogP contribution in [0.15, 0.2) is 18.2 Å². The zero-order chi connectivity index (χ0) is 8.72. The Morgan fingerprint density at radius 3 is 2.67 bits per heavy atom. The third-order valence-electron chi connectivity index (χ3n) is 2.18. The molecule has 12 heavy (non-hydrogen) atoms. The molecule has 0 bridgehead atoms. The lowest BCUT2D eigenvalue weighted by Crippen LogP contribution is -1.69. The van der Waals surface area contributed by atoms with Crippen molar-refractivity contribution in [3.05, 3.63) is 28.6 Å². The van der Waals surface area contributed by atoms with E-state index in [2.05, 4.69) is 13.8 Å². The second-order valence-corrected chi connectivity index (χ2v) is 4.16. The molecule has 0 spiro atoms. The van der Waals surface area contributed by atoms with E-state index in [0.717, 1.165) is 4.70 Å². The number of aryl methyl sites for hydroxylation is 2. The van der Waals surface area contributed by atoms with Gasteiger partial charge >= 0.3 is 0 Å². The Labute approximate surface area is 75.3 Å². The molecule has 1 nitrogen and oxygen atoms in total. The van der Waals surface area contributed by atoms with Gasteiger partial charge in [0.1, 0.15) is 5.75 Å². The van der Waals surface area contributed by atoms with Gasteiger partial charge in [-0.1, -0.05) is 12.1 Å². The van der Waals surface area contributed by atoms with Crippen LogP contribution in [0.4, 0.5) is 0 Å². The fraction of sp³-hybridized carbons (Fsp3) is 0.200. The van der Waals surface area contributed by atoms with E-state index < -0.39 is 0 Å². The second kappa shape index (κ2) is 2.49. The first-order valence-corrected chi connectivity index (χ1v) is 4.69. The first kappa shape index (κ1) is 7.62. The van der Waals surface area contributed by atoms with Crippen LogP contribution < -0.4 is 0 Å². The lowest BCUT2D eigenvalue weighted by atomic mass is 10.1. The van der Waals surface area contributed by atoms with Crippen molar-refractivity contribution in [2.24, 2.45) is 0 Å². The summed E-state index contributed by atoms with van der Waals surface area (Å²) in [6.07, 6.45) is 0. The van der Waals surface area contributed by atoms with Crippen LogP contribution >= 0.6 is 11.3 Å². The highest BCUT2D eigenvalue weighted by molar-refractivity contribution is 7.19. The number of hydrogen-bond acceptors (Lipinski definition) is 2. The molecular weight excluding hydrogens is 168 g/mol. The molecule has 2 rings (SSSR count). The van der Waals surface area contributed by atoms with Crippen molar-refractivity contribution in [1.82, 2.24) is 0 Å². The van der Waals surface area contributed by atoms with Gasteiger partial charge in [0.05, 0.1) is 4.70 Å². The molecule has 0 aliphatic heterocycles. The van der Waals surface area contributed by atoms with E-state index in [1.807, 2.05) is 12.1 Å². The van der Waals surface area contributed by atoms with Crippen molar-refractivity contribution in [3.63, 3.8) is 0 Å². The van der Waals surface area contributed by atoms with Crippen molar-refractivity contribution < 1.29 is 5.11 Å². The zero-order valence-corrected chi connectivity index (χ0v) is 7.90. The largest absolute Gasteiger partial charge is 0.506 e. The minimum atomic E-state index is 0.397. The summed E-state index contributed by atoms with van der Waals surface area (Å²) < 4.78 is 1.01. The Balaban J connectivity index is 2.95. The molecule has 0 radical (unpaired) electrons. The molecule has 0 aliphatic rings. The molecule has 1 aromatic carbocycles. The van der Waals surface area contributed by atoms with E-state index in [0.29, 0.717) is 5.75 Å². The summed E-state index contributed by atoms with van der Waals surface area (Å²) in [5.74, 6) is 0.397. The summed E-state index contributed by atoms with van der Waals surface area (Å²) in [5, 5.41) is 10.7. The average Bonchev–Trinajstić information content (AvgIpc) is 2.32. The monoisotopic (exact) mass is 178 g/mol. The van der Waals surface area contributed by atoms with E-state index in [-0.39, 0.29) is 0 Å². The van der Waals surface area contributed by atoms with E-state index in [1.165, 1.54) is 15.8 Å². The van der Waals surface area contributed by atoms with Crippen LogP contribution in [-0.2, 0) is 0 Å². The highest BCUT2D eigenvalue weighted by Gasteiger charge is 2.06. The predicted molar refractivity (Wildman–Crippen MR) is 53.0 cm³/mol. The average molecular weight is 178 g/mol. The van der Waals surface area contributed by atoms with Gasteiger partial charge in [-0.3, -0.25) is 0 Å². The van der Waals surface area contributed by atoms with Crippen LogP contribution in [0.25, 0.3) is 10.1 Å². The van der Waals surface area contributed by atoms with Crippen LogP contribution in [0.5, 0.6) is 5.75 Å². The second-order valence-electron chi connectivity index (χ2n) is 2.94. The Hall–Kier alpha value is -1.02. The predicted octanol–water partition coefficient (Wildman–Crippen LogP) is 3.22. The van der Waals surface area contributed by atoms with Crippen LogP contribution in [0.3, 0.4) is 0 Å². The number of rotatable bonds is 0. The zero-order valence-electron chi connectivity index (χ0n) is 7.09. The lowest BCUT2D eigenvalue weighted by Gasteiger charge is -1.93. The molecule has 0 fully saturated rings. The van der Waals surface area contributed by atoms with Gasteiger partial charge in [0, 0.05) is 4.88 Å². The summed E-state index contributed by atoms with van der Waals surface area (Å²) in [5.41, 5.74) is 1.28. The van der Waals surface area contributed by atoms with Crippen LogP contribution in [0.2, 0.25) is 0 Å². The SMILES string of the molecule is Cc1sc2c(O)cccc2c1C. The van der Waals surface area contributed by atoms with Crippen molar-refractivity contribution in [3.8, 4) is 5.75 Å². The van der Waals surface area contributed by atoms with Crippen molar-refractivity contribution in [2.75, 3.05) is 0 Å². The smallest absolute Gasteiger partial charge is 0.133 e. The highest BCUT2D eigenvalue weighted by atomic mass is 32.1. The number of aromatic hydroxyl groups is 1. The normalized spacial score (nSPS) is 10.8. The van der Waals surface area contributed by atoms with E-state index >= 15 is 0 Å². The molecule has 0 saturated carbocycles. The van der Waals surface area contributed by atoms with Crippen molar-refractivity contribution >= 4 is 21.4 Å². The van der Waals surface area contributed by atoms with E-state index in [1.54, 1.807) is 17.4 Å². The molecule has 2 aromatic rings. The maximum Gasteiger partial charge on any atom is 0.133 e. The van der Waals surface area contributed by atoms with Gasteiger partial charge < -0.3 is 5.11 Å². The van der Waals surface area contributed by atoms with Crippen molar-refractivity contribution in [2.45, 2.75) is 13.8 Å². The van der Waals surface area contributed by atoms with Gasteiger partial charge in [0.2, 0.25) is 0 Å². The molecule has 0 atom stereocenters. The molecule has 0 saturated heterocycles. The fourth-order valence-electron chi connectivity index (χ4n) is 1.35. The third kappa shape index (κ3) is 0.916. The minimum Gasteiger partial charge on any atom is -0.506 e. The van der Waals surface area contributed by atoms with Gasteiger partial charge in [-0.05, 0) is 30.9 Å². The summed E-state index contributed by atoms with van der Waals surface area (Å²) in [7, 11) is 0. The summed E-state index contributed by atoms with van der Waals surface area (Å²) >= 11 is 1.66. The quantitative estimate of drug-likeness (QED) is 0.656.